The summed E-state index contributed by atoms with van der Waals surface area (Å²) in [6, 6.07) is 1.86. The van der Waals surface area contributed by atoms with Crippen LogP contribution in [0.5, 0.6) is 0 Å². The molecule has 1 atom stereocenters. The van der Waals surface area contributed by atoms with Gasteiger partial charge in [-0.15, -0.1) is 0 Å². The van der Waals surface area contributed by atoms with Gasteiger partial charge >= 0.3 is 5.97 Å². The number of hydrogen-bond donors (Lipinski definition) is 3. The highest BCUT2D eigenvalue weighted by atomic mass is 19.1. The van der Waals surface area contributed by atoms with Gasteiger partial charge in [0.05, 0.1) is 18.9 Å². The Labute approximate surface area is 125 Å². The van der Waals surface area contributed by atoms with Gasteiger partial charge in [0.15, 0.2) is 0 Å². The Balaban J connectivity index is 2.78. The molecule has 0 saturated carbocycles. The van der Waals surface area contributed by atoms with Crippen molar-refractivity contribution in [2.45, 2.75) is 25.8 Å². The minimum absolute atomic E-state index is 0.0232. The number of carboxylic acid groups (broad SMARTS) is 1. The molecule has 3 N–H and O–H groups in total. The van der Waals surface area contributed by atoms with E-state index in [2.05, 4.69) is 10.6 Å². The molecule has 1 unspecified atom stereocenters. The summed E-state index contributed by atoms with van der Waals surface area (Å²) in [5.41, 5.74) is -0.0232. The van der Waals surface area contributed by atoms with Gasteiger partial charge in [-0.2, -0.15) is 0 Å². The smallest absolute Gasteiger partial charge is 0.305 e. The molecule has 0 spiro atoms. The first-order chi connectivity index (χ1) is 10.3. The van der Waals surface area contributed by atoms with Crippen molar-refractivity contribution < 1.29 is 28.3 Å². The van der Waals surface area contributed by atoms with Crippen molar-refractivity contribution in [1.82, 2.24) is 10.6 Å². The first-order valence-corrected chi connectivity index (χ1v) is 6.50. The standard InChI is InChI=1S/C14H16F2N2O4/c1-8(19)18-12(7-13(20)17-5-4-14(21)22)10-3-2-9(15)6-11(10)16/h2-3,6,12H,4-5,7H2,1H3,(H,17,20)(H,18,19)(H,21,22). The number of rotatable bonds is 7. The molecule has 22 heavy (non-hydrogen) atoms. The number of halogens is 2. The lowest BCUT2D eigenvalue weighted by Gasteiger charge is -2.18. The maximum atomic E-state index is 13.8. The lowest BCUT2D eigenvalue weighted by Crippen LogP contribution is -2.33. The van der Waals surface area contributed by atoms with Gasteiger partial charge in [0, 0.05) is 25.1 Å². The van der Waals surface area contributed by atoms with Gasteiger partial charge in [-0.1, -0.05) is 6.07 Å². The summed E-state index contributed by atoms with van der Waals surface area (Å²) in [4.78, 5) is 33.2. The fourth-order valence-electron chi connectivity index (χ4n) is 1.83. The number of benzene rings is 1. The molecule has 1 aromatic rings. The molecular formula is C14H16F2N2O4. The van der Waals surface area contributed by atoms with E-state index >= 15 is 0 Å². The van der Waals surface area contributed by atoms with Crippen LogP contribution in [0.2, 0.25) is 0 Å². The molecule has 0 radical (unpaired) electrons. The van der Waals surface area contributed by atoms with Crippen LogP contribution in [0.3, 0.4) is 0 Å². The Kier molecular flexibility index (Phi) is 6.43. The molecule has 1 aromatic carbocycles. The Bertz CT molecular complexity index is 578. The first-order valence-electron chi connectivity index (χ1n) is 6.50. The van der Waals surface area contributed by atoms with Crippen LogP contribution in [0.1, 0.15) is 31.4 Å². The fraction of sp³-hybridized carbons (Fsp3) is 0.357. The number of amides is 2. The van der Waals surface area contributed by atoms with Gasteiger partial charge in [0.2, 0.25) is 11.8 Å². The van der Waals surface area contributed by atoms with Crippen LogP contribution in [-0.2, 0) is 14.4 Å². The van der Waals surface area contributed by atoms with E-state index < -0.39 is 35.5 Å². The highest BCUT2D eigenvalue weighted by Gasteiger charge is 2.20. The summed E-state index contributed by atoms with van der Waals surface area (Å²) in [6.07, 6.45) is -0.538. The number of aliphatic carboxylic acids is 1. The number of nitrogens with one attached hydrogen (secondary N) is 2. The van der Waals surface area contributed by atoms with Crippen LogP contribution >= 0.6 is 0 Å². The van der Waals surface area contributed by atoms with Gasteiger partial charge in [-0.25, -0.2) is 8.78 Å². The monoisotopic (exact) mass is 314 g/mol. The van der Waals surface area contributed by atoms with Crippen molar-refractivity contribution in [2.75, 3.05) is 6.54 Å². The largest absolute Gasteiger partial charge is 0.481 e. The predicted molar refractivity (Wildman–Crippen MR) is 72.8 cm³/mol. The zero-order valence-corrected chi connectivity index (χ0v) is 11.9. The van der Waals surface area contributed by atoms with Gasteiger partial charge in [-0.05, 0) is 6.07 Å². The van der Waals surface area contributed by atoms with E-state index in [1.54, 1.807) is 0 Å². The average molecular weight is 314 g/mol. The summed E-state index contributed by atoms with van der Waals surface area (Å²) in [7, 11) is 0. The average Bonchev–Trinajstić information content (AvgIpc) is 2.36. The van der Waals surface area contributed by atoms with Crippen LogP contribution in [0.15, 0.2) is 18.2 Å². The molecule has 120 valence electrons. The second-order valence-electron chi connectivity index (χ2n) is 4.62. The third kappa shape index (κ3) is 5.86. The van der Waals surface area contributed by atoms with E-state index in [1.807, 2.05) is 0 Å². The molecular weight excluding hydrogens is 298 g/mol. The molecule has 0 heterocycles. The van der Waals surface area contributed by atoms with Crippen LogP contribution in [-0.4, -0.2) is 29.4 Å². The molecule has 8 heteroatoms. The second-order valence-corrected chi connectivity index (χ2v) is 4.62. The number of hydrogen-bond acceptors (Lipinski definition) is 3. The van der Waals surface area contributed by atoms with E-state index in [0.717, 1.165) is 12.1 Å². The topological polar surface area (TPSA) is 95.5 Å². The van der Waals surface area contributed by atoms with Gasteiger partial charge in [0.25, 0.3) is 0 Å². The van der Waals surface area contributed by atoms with Crippen molar-refractivity contribution in [1.29, 1.82) is 0 Å². The zero-order valence-electron chi connectivity index (χ0n) is 11.9. The second kappa shape index (κ2) is 8.06. The van der Waals surface area contributed by atoms with Crippen molar-refractivity contribution in [2.24, 2.45) is 0 Å². The van der Waals surface area contributed by atoms with Crippen LogP contribution < -0.4 is 10.6 Å². The van der Waals surface area contributed by atoms with Crippen LogP contribution in [0, 0.1) is 11.6 Å². The predicted octanol–water partition coefficient (Wildman–Crippen LogP) is 1.12. The summed E-state index contributed by atoms with van der Waals surface area (Å²) in [5.74, 6) is -3.75. The maximum absolute atomic E-state index is 13.8. The van der Waals surface area contributed by atoms with Crippen molar-refractivity contribution in [3.05, 3.63) is 35.4 Å². The van der Waals surface area contributed by atoms with E-state index in [9.17, 15) is 23.2 Å². The minimum Gasteiger partial charge on any atom is -0.481 e. The Morgan fingerprint density at radius 3 is 2.50 bits per heavy atom. The molecule has 0 aromatic heterocycles. The number of carbonyl (C=O) groups is 3. The van der Waals surface area contributed by atoms with E-state index in [-0.39, 0.29) is 24.9 Å². The van der Waals surface area contributed by atoms with Crippen molar-refractivity contribution in [3.63, 3.8) is 0 Å². The lowest BCUT2D eigenvalue weighted by atomic mass is 10.0. The van der Waals surface area contributed by atoms with Crippen molar-refractivity contribution >= 4 is 17.8 Å². The highest BCUT2D eigenvalue weighted by Crippen LogP contribution is 2.21. The van der Waals surface area contributed by atoms with E-state index in [1.165, 1.54) is 6.92 Å². The van der Waals surface area contributed by atoms with Gasteiger partial charge in [-0.3, -0.25) is 14.4 Å². The van der Waals surface area contributed by atoms with Crippen molar-refractivity contribution in [3.8, 4) is 0 Å². The Morgan fingerprint density at radius 1 is 1.27 bits per heavy atom. The Hall–Kier alpha value is -2.51. The first kappa shape index (κ1) is 17.5. The lowest BCUT2D eigenvalue weighted by molar-refractivity contribution is -0.137. The molecule has 0 aliphatic rings. The fourth-order valence-corrected chi connectivity index (χ4v) is 1.83. The van der Waals surface area contributed by atoms with E-state index in [0.29, 0.717) is 6.07 Å². The quantitative estimate of drug-likeness (QED) is 0.703. The SMILES string of the molecule is CC(=O)NC(CC(=O)NCCC(=O)O)c1ccc(F)cc1F. The zero-order chi connectivity index (χ0) is 16.7. The molecule has 0 saturated heterocycles. The normalized spacial score (nSPS) is 11.6. The van der Waals surface area contributed by atoms with E-state index in [4.69, 9.17) is 5.11 Å². The molecule has 0 aliphatic carbocycles. The number of carbonyl (C=O) groups excluding carboxylic acids is 2. The third-order valence-corrected chi connectivity index (χ3v) is 2.77. The molecule has 2 amide bonds. The van der Waals surface area contributed by atoms with Crippen LogP contribution in [0.25, 0.3) is 0 Å². The van der Waals surface area contributed by atoms with Gasteiger partial charge in [0.1, 0.15) is 11.6 Å². The summed E-state index contributed by atoms with van der Waals surface area (Å²) in [5, 5.41) is 13.2. The molecule has 0 bridgehead atoms. The molecule has 0 aliphatic heterocycles. The van der Waals surface area contributed by atoms with Crippen LogP contribution in [0.4, 0.5) is 8.78 Å². The van der Waals surface area contributed by atoms with Gasteiger partial charge < -0.3 is 15.7 Å². The Morgan fingerprint density at radius 2 is 1.95 bits per heavy atom. The molecule has 0 fully saturated rings. The summed E-state index contributed by atoms with van der Waals surface area (Å²) < 4.78 is 26.7. The molecule has 1 rings (SSSR count). The minimum atomic E-state index is -1.07. The summed E-state index contributed by atoms with van der Waals surface area (Å²) >= 11 is 0. The number of carboxylic acids is 1. The molecule has 6 nitrogen and oxygen atoms in total. The summed E-state index contributed by atoms with van der Waals surface area (Å²) in [6.45, 7) is 1.13. The highest BCUT2D eigenvalue weighted by molar-refractivity contribution is 5.79. The maximum Gasteiger partial charge on any atom is 0.305 e. The third-order valence-electron chi connectivity index (χ3n) is 2.77.